The van der Waals surface area contributed by atoms with Crippen LogP contribution in [-0.4, -0.2) is 50.9 Å². The molecule has 2 N–H and O–H groups in total. The average molecular weight is 483 g/mol. The summed E-state index contributed by atoms with van der Waals surface area (Å²) < 4.78 is 14.7. The van der Waals surface area contributed by atoms with E-state index in [-0.39, 0.29) is 11.6 Å². The molecule has 0 radical (unpaired) electrons. The van der Waals surface area contributed by atoms with Crippen LogP contribution in [-0.2, 0) is 4.74 Å². The summed E-state index contributed by atoms with van der Waals surface area (Å²) in [4.78, 5) is 15.8. The molecular weight excluding hydrogens is 452 g/mol. The van der Waals surface area contributed by atoms with Crippen molar-refractivity contribution in [2.24, 2.45) is 0 Å². The molecule has 0 spiro atoms. The number of nitrogens with two attached hydrogens (primary N) is 1. The van der Waals surface area contributed by atoms with Gasteiger partial charge in [0, 0.05) is 31.0 Å². The Morgan fingerprint density at radius 2 is 1.97 bits per heavy atom. The lowest BCUT2D eigenvalue weighted by molar-refractivity contribution is -0.0198. The van der Waals surface area contributed by atoms with Crippen LogP contribution < -0.4 is 15.4 Å². The highest BCUT2D eigenvalue weighted by molar-refractivity contribution is 6.00. The zero-order valence-corrected chi connectivity index (χ0v) is 20.2. The van der Waals surface area contributed by atoms with Gasteiger partial charge in [0.25, 0.3) is 0 Å². The van der Waals surface area contributed by atoms with Gasteiger partial charge in [-0.05, 0) is 61.9 Å². The van der Waals surface area contributed by atoms with Crippen molar-refractivity contribution >= 4 is 22.7 Å². The summed E-state index contributed by atoms with van der Waals surface area (Å²) in [6, 6.07) is 14.6. The number of benzene rings is 1. The van der Waals surface area contributed by atoms with Crippen LogP contribution in [0.2, 0.25) is 0 Å². The molecule has 0 amide bonds. The Morgan fingerprint density at radius 1 is 1.06 bits per heavy atom. The van der Waals surface area contributed by atoms with E-state index in [1.54, 1.807) is 6.33 Å². The number of nitrogens with zero attached hydrogens (tertiary/aromatic N) is 5. The Hall–Kier alpha value is -3.65. The lowest BCUT2D eigenvalue weighted by Gasteiger charge is -2.24. The molecule has 1 unspecified atom stereocenters. The van der Waals surface area contributed by atoms with Crippen molar-refractivity contribution in [2.45, 2.75) is 49.9 Å². The van der Waals surface area contributed by atoms with Gasteiger partial charge in [-0.25, -0.2) is 15.0 Å². The van der Waals surface area contributed by atoms with E-state index in [9.17, 15) is 0 Å². The van der Waals surface area contributed by atoms with Crippen LogP contribution in [0.5, 0.6) is 5.75 Å². The molecule has 3 aromatic heterocycles. The molecule has 8 heteroatoms. The molecule has 0 saturated carbocycles. The molecule has 3 aliphatic heterocycles. The van der Waals surface area contributed by atoms with Crippen molar-refractivity contribution < 1.29 is 9.47 Å². The Labute approximate surface area is 210 Å². The van der Waals surface area contributed by atoms with E-state index >= 15 is 0 Å². The summed E-state index contributed by atoms with van der Waals surface area (Å²) in [6.45, 7) is 2.42. The first kappa shape index (κ1) is 21.6. The van der Waals surface area contributed by atoms with Crippen LogP contribution >= 0.6 is 0 Å². The molecule has 184 valence electrons. The van der Waals surface area contributed by atoms with Gasteiger partial charge in [-0.15, -0.1) is 0 Å². The fourth-order valence-corrected chi connectivity index (χ4v) is 6.18. The molecule has 3 aliphatic rings. The minimum absolute atomic E-state index is 0.100. The Kier molecular flexibility index (Phi) is 5.09. The van der Waals surface area contributed by atoms with Crippen molar-refractivity contribution in [3.8, 4) is 16.9 Å². The largest absolute Gasteiger partial charge is 0.491 e. The number of rotatable bonds is 6. The van der Waals surface area contributed by atoms with Gasteiger partial charge in [-0.2, -0.15) is 0 Å². The maximum atomic E-state index is 6.41. The first-order valence-electron chi connectivity index (χ1n) is 12.9. The highest BCUT2D eigenvalue weighted by Gasteiger charge is 2.46. The van der Waals surface area contributed by atoms with Gasteiger partial charge in [0.05, 0.1) is 17.5 Å². The smallest absolute Gasteiger partial charge is 0.146 e. The van der Waals surface area contributed by atoms with E-state index in [0.717, 1.165) is 78.9 Å². The average Bonchev–Trinajstić information content (AvgIpc) is 3.71. The molecule has 36 heavy (non-hydrogen) atoms. The molecular formula is C28H30N6O2. The van der Waals surface area contributed by atoms with Gasteiger partial charge < -0.3 is 24.7 Å². The number of anilines is 2. The molecule has 6 heterocycles. The number of ether oxygens (including phenoxy) is 2. The lowest BCUT2D eigenvalue weighted by Crippen LogP contribution is -2.32. The third kappa shape index (κ3) is 3.67. The topological polar surface area (TPSA) is 91.3 Å². The molecule has 8 nitrogen and oxygen atoms in total. The second kappa shape index (κ2) is 8.48. The quantitative estimate of drug-likeness (QED) is 0.429. The molecule has 2 bridgehead atoms. The number of fused-ring (bicyclic) bond motifs is 3. The van der Waals surface area contributed by atoms with E-state index in [4.69, 9.17) is 15.2 Å². The number of hydrogen-bond acceptors (Lipinski definition) is 7. The van der Waals surface area contributed by atoms with Crippen LogP contribution in [0.25, 0.3) is 22.2 Å². The normalized spacial score (nSPS) is 25.2. The highest BCUT2D eigenvalue weighted by atomic mass is 16.6. The molecule has 3 saturated heterocycles. The predicted molar refractivity (Wildman–Crippen MR) is 139 cm³/mol. The summed E-state index contributed by atoms with van der Waals surface area (Å²) in [7, 11) is 0. The Bertz CT molecular complexity index is 1400. The number of pyridine rings is 1. The second-order valence-electron chi connectivity index (χ2n) is 10.3. The van der Waals surface area contributed by atoms with Gasteiger partial charge in [0.2, 0.25) is 0 Å². The van der Waals surface area contributed by atoms with Gasteiger partial charge in [-0.1, -0.05) is 18.2 Å². The predicted octanol–water partition coefficient (Wildman–Crippen LogP) is 4.62. The zero-order valence-electron chi connectivity index (χ0n) is 20.2. The SMILES string of the molecule is Nc1ncnc2c1c(-c1cccc(OCC34CCC(CC3)O4)c1)cn2C1CCN(c2ccccn2)C1. The lowest BCUT2D eigenvalue weighted by atomic mass is 9.89. The summed E-state index contributed by atoms with van der Waals surface area (Å²) >= 11 is 0. The fourth-order valence-electron chi connectivity index (χ4n) is 6.18. The van der Waals surface area contributed by atoms with Crippen molar-refractivity contribution in [2.75, 3.05) is 30.3 Å². The third-order valence-corrected chi connectivity index (χ3v) is 8.08. The van der Waals surface area contributed by atoms with E-state index in [1.807, 2.05) is 30.5 Å². The summed E-state index contributed by atoms with van der Waals surface area (Å²) in [6.07, 6.45) is 11.5. The standard InChI is InChI=1S/C28H30N6O2/c29-26-25-23(19-4-3-5-22(14-19)35-17-28-10-7-21(36-28)8-11-28)16-34(27(25)32-18-31-26)20-9-13-33(15-20)24-6-1-2-12-30-24/h1-6,12,14,16,18,20-21H,7-11,13,15,17H2,(H2,29,31,32). The van der Waals surface area contributed by atoms with Crippen LogP contribution in [0.4, 0.5) is 11.6 Å². The van der Waals surface area contributed by atoms with E-state index in [2.05, 4.69) is 48.8 Å². The van der Waals surface area contributed by atoms with E-state index in [0.29, 0.717) is 18.5 Å². The van der Waals surface area contributed by atoms with Gasteiger partial charge in [0.15, 0.2) is 0 Å². The monoisotopic (exact) mass is 482 g/mol. The number of hydrogen-bond donors (Lipinski definition) is 1. The zero-order chi connectivity index (χ0) is 24.1. The van der Waals surface area contributed by atoms with Crippen LogP contribution in [0, 0.1) is 0 Å². The van der Waals surface area contributed by atoms with Crippen LogP contribution in [0.3, 0.4) is 0 Å². The minimum Gasteiger partial charge on any atom is -0.491 e. The third-order valence-electron chi connectivity index (χ3n) is 8.08. The van der Waals surface area contributed by atoms with Crippen molar-refractivity contribution in [3.63, 3.8) is 0 Å². The number of nitrogen functional groups attached to an aromatic ring is 1. The molecule has 3 fully saturated rings. The van der Waals surface area contributed by atoms with Gasteiger partial charge >= 0.3 is 0 Å². The first-order valence-corrected chi connectivity index (χ1v) is 12.9. The van der Waals surface area contributed by atoms with E-state index < -0.39 is 0 Å². The van der Waals surface area contributed by atoms with Crippen LogP contribution in [0.1, 0.15) is 38.1 Å². The van der Waals surface area contributed by atoms with Gasteiger partial charge in [-0.3, -0.25) is 0 Å². The van der Waals surface area contributed by atoms with Crippen molar-refractivity contribution in [1.82, 2.24) is 19.5 Å². The second-order valence-corrected chi connectivity index (χ2v) is 10.3. The van der Waals surface area contributed by atoms with Crippen molar-refractivity contribution in [1.29, 1.82) is 0 Å². The molecule has 1 aromatic carbocycles. The maximum absolute atomic E-state index is 6.41. The molecule has 7 rings (SSSR count). The molecule has 1 atom stereocenters. The van der Waals surface area contributed by atoms with Crippen molar-refractivity contribution in [3.05, 3.63) is 61.2 Å². The minimum atomic E-state index is -0.100. The van der Waals surface area contributed by atoms with Crippen LogP contribution in [0.15, 0.2) is 61.2 Å². The molecule has 4 aromatic rings. The summed E-state index contributed by atoms with van der Waals surface area (Å²) in [5, 5.41) is 0.891. The van der Waals surface area contributed by atoms with E-state index in [1.165, 1.54) is 0 Å². The maximum Gasteiger partial charge on any atom is 0.146 e. The summed E-state index contributed by atoms with van der Waals surface area (Å²) in [5.74, 6) is 2.35. The summed E-state index contributed by atoms with van der Waals surface area (Å²) in [5.41, 5.74) is 9.26. The fraction of sp³-hybridized carbons (Fsp3) is 0.393. The Morgan fingerprint density at radius 3 is 2.78 bits per heavy atom. The first-order chi connectivity index (χ1) is 17.7. The number of aromatic nitrogens is 4. The van der Waals surface area contributed by atoms with Gasteiger partial charge in [0.1, 0.15) is 41.6 Å². The molecule has 0 aliphatic carbocycles. The Balaban J connectivity index is 1.19. The highest BCUT2D eigenvalue weighted by Crippen LogP contribution is 2.44.